The van der Waals surface area contributed by atoms with Crippen molar-refractivity contribution < 1.29 is 14.3 Å². The molecule has 2 aromatic heterocycles. The highest BCUT2D eigenvalue weighted by atomic mass is 19.1. The molecule has 158 valence electrons. The molecule has 8 heteroatoms. The second-order valence-electron chi connectivity index (χ2n) is 7.97. The number of carbonyl (C=O) groups is 1. The molecule has 1 amide bonds. The number of carbonyl (C=O) groups excluding carboxylic acids is 1. The number of fused-ring (bicyclic) bond motifs is 1. The fraction of sp³-hybridized carbons (Fsp3) is 0.409. The number of aromatic amines is 1. The second-order valence-corrected chi connectivity index (χ2v) is 7.97. The van der Waals surface area contributed by atoms with Crippen LogP contribution < -0.4 is 5.73 Å². The van der Waals surface area contributed by atoms with Gasteiger partial charge in [0.15, 0.2) is 5.65 Å². The molecule has 3 aromatic rings. The van der Waals surface area contributed by atoms with Gasteiger partial charge in [0.1, 0.15) is 11.6 Å². The normalized spacial score (nSPS) is 16.2. The summed E-state index contributed by atoms with van der Waals surface area (Å²) < 4.78 is 14.5. The Morgan fingerprint density at radius 3 is 2.67 bits per heavy atom. The maximum absolute atomic E-state index is 14.5. The fourth-order valence-corrected chi connectivity index (χ4v) is 4.05. The number of nitrogens with zero attached hydrogens (tertiary/aromatic N) is 3. The average Bonchev–Trinajstić information content (AvgIpc) is 3.16. The zero-order chi connectivity index (χ0) is 21.5. The van der Waals surface area contributed by atoms with E-state index in [1.807, 2.05) is 6.92 Å². The number of benzene rings is 1. The van der Waals surface area contributed by atoms with Crippen LogP contribution in [0.25, 0.3) is 22.3 Å². The molecule has 0 bridgehead atoms. The summed E-state index contributed by atoms with van der Waals surface area (Å²) in [6, 6.07) is 5.50. The summed E-state index contributed by atoms with van der Waals surface area (Å²) in [6.45, 7) is 5.19. The van der Waals surface area contributed by atoms with Gasteiger partial charge in [-0.05, 0) is 43.9 Å². The Balaban J connectivity index is 1.79. The minimum absolute atomic E-state index is 0.128. The van der Waals surface area contributed by atoms with E-state index in [2.05, 4.69) is 22.1 Å². The van der Waals surface area contributed by atoms with Gasteiger partial charge >= 0.3 is 0 Å². The summed E-state index contributed by atoms with van der Waals surface area (Å²) in [5, 5.41) is 17.4. The van der Waals surface area contributed by atoms with Crippen molar-refractivity contribution in [1.29, 1.82) is 0 Å². The minimum Gasteiger partial charge on any atom is -0.508 e. The maximum atomic E-state index is 14.5. The van der Waals surface area contributed by atoms with Gasteiger partial charge in [0.25, 0.3) is 5.91 Å². The summed E-state index contributed by atoms with van der Waals surface area (Å²) in [6.07, 6.45) is 3.00. The van der Waals surface area contributed by atoms with Crippen LogP contribution in [-0.4, -0.2) is 49.7 Å². The lowest BCUT2D eigenvalue weighted by Gasteiger charge is -2.38. The molecule has 0 aliphatic carbocycles. The van der Waals surface area contributed by atoms with Crippen LogP contribution in [0, 0.1) is 5.82 Å². The second kappa shape index (κ2) is 7.68. The predicted octanol–water partition coefficient (Wildman–Crippen LogP) is 3.38. The maximum Gasteiger partial charge on any atom is 0.254 e. The third kappa shape index (κ3) is 3.52. The summed E-state index contributed by atoms with van der Waals surface area (Å²) in [7, 11) is 0. The predicted molar refractivity (Wildman–Crippen MR) is 113 cm³/mol. The number of likely N-dealkylation sites (tertiary alicyclic amines) is 1. The van der Waals surface area contributed by atoms with Gasteiger partial charge in [-0.15, -0.1) is 0 Å². The van der Waals surface area contributed by atoms with Crippen LogP contribution in [0.5, 0.6) is 5.75 Å². The number of piperidine rings is 1. The van der Waals surface area contributed by atoms with Crippen LogP contribution in [0.2, 0.25) is 0 Å². The number of hydrogen-bond acceptors (Lipinski definition) is 5. The topological polar surface area (TPSA) is 108 Å². The van der Waals surface area contributed by atoms with E-state index in [1.54, 1.807) is 11.0 Å². The van der Waals surface area contributed by atoms with Crippen LogP contribution in [0.1, 0.15) is 49.2 Å². The molecule has 0 radical (unpaired) electrons. The van der Waals surface area contributed by atoms with E-state index >= 15 is 0 Å². The van der Waals surface area contributed by atoms with Crippen LogP contribution in [0.3, 0.4) is 0 Å². The molecule has 1 aliphatic heterocycles. The van der Waals surface area contributed by atoms with Crippen LogP contribution in [0.15, 0.2) is 24.3 Å². The first-order chi connectivity index (χ1) is 14.3. The summed E-state index contributed by atoms with van der Waals surface area (Å²) in [4.78, 5) is 19.8. The Hall–Kier alpha value is -3.00. The van der Waals surface area contributed by atoms with Crippen molar-refractivity contribution >= 4 is 16.9 Å². The molecule has 0 atom stereocenters. The molecule has 1 aliphatic rings. The van der Waals surface area contributed by atoms with E-state index in [0.717, 1.165) is 31.0 Å². The molecule has 0 saturated carbocycles. The molecule has 0 unspecified atom stereocenters. The lowest BCUT2D eigenvalue weighted by molar-refractivity contribution is 0.0670. The van der Waals surface area contributed by atoms with Gasteiger partial charge in [0, 0.05) is 30.3 Å². The number of phenols is 1. The van der Waals surface area contributed by atoms with Gasteiger partial charge in [-0.1, -0.05) is 13.8 Å². The van der Waals surface area contributed by atoms with E-state index in [9.17, 15) is 14.3 Å². The van der Waals surface area contributed by atoms with Gasteiger partial charge in [-0.3, -0.25) is 9.89 Å². The van der Waals surface area contributed by atoms with Crippen molar-refractivity contribution in [2.45, 2.75) is 45.1 Å². The van der Waals surface area contributed by atoms with Gasteiger partial charge < -0.3 is 15.7 Å². The Morgan fingerprint density at radius 1 is 1.30 bits per heavy atom. The van der Waals surface area contributed by atoms with Crippen molar-refractivity contribution in [3.63, 3.8) is 0 Å². The van der Waals surface area contributed by atoms with Crippen molar-refractivity contribution in [3.05, 3.63) is 41.3 Å². The van der Waals surface area contributed by atoms with Gasteiger partial charge in [0.05, 0.1) is 22.3 Å². The third-order valence-electron chi connectivity index (χ3n) is 6.15. The smallest absolute Gasteiger partial charge is 0.254 e. The Kier molecular flexibility index (Phi) is 5.19. The Labute approximate surface area is 174 Å². The first-order valence-electron chi connectivity index (χ1n) is 10.3. The third-order valence-corrected chi connectivity index (χ3v) is 6.15. The van der Waals surface area contributed by atoms with E-state index in [0.29, 0.717) is 41.8 Å². The summed E-state index contributed by atoms with van der Waals surface area (Å²) in [5.41, 5.74) is 8.32. The summed E-state index contributed by atoms with van der Waals surface area (Å²) in [5.74, 6) is -0.903. The summed E-state index contributed by atoms with van der Waals surface area (Å²) >= 11 is 0. The zero-order valence-corrected chi connectivity index (χ0v) is 17.2. The molecule has 1 saturated heterocycles. The number of hydrogen-bond donors (Lipinski definition) is 3. The SMILES string of the molecule is CCc1n[nH]c2nc(-c3ccc(O)cc3F)cc(C(=O)N3CCC(N)(CC)CC3)c12. The molecule has 1 fully saturated rings. The number of aryl methyl sites for hydroxylation is 1. The molecule has 1 aromatic carbocycles. The average molecular weight is 411 g/mol. The van der Waals surface area contributed by atoms with Crippen molar-refractivity contribution in [1.82, 2.24) is 20.1 Å². The number of pyridine rings is 1. The first-order valence-corrected chi connectivity index (χ1v) is 10.3. The lowest BCUT2D eigenvalue weighted by atomic mass is 9.86. The lowest BCUT2D eigenvalue weighted by Crippen LogP contribution is -2.51. The van der Waals surface area contributed by atoms with E-state index in [-0.39, 0.29) is 22.8 Å². The van der Waals surface area contributed by atoms with Crippen LogP contribution in [-0.2, 0) is 6.42 Å². The number of H-pyrrole nitrogens is 1. The molecule has 4 N–H and O–H groups in total. The quantitative estimate of drug-likeness (QED) is 0.610. The number of nitrogens with two attached hydrogens (primary N) is 1. The molecule has 4 rings (SSSR count). The molecule has 30 heavy (non-hydrogen) atoms. The van der Waals surface area contributed by atoms with Crippen molar-refractivity contribution in [2.24, 2.45) is 5.73 Å². The Bertz CT molecular complexity index is 1100. The Morgan fingerprint density at radius 2 is 2.03 bits per heavy atom. The van der Waals surface area contributed by atoms with Gasteiger partial charge in [-0.2, -0.15) is 5.10 Å². The van der Waals surface area contributed by atoms with E-state index < -0.39 is 5.82 Å². The van der Waals surface area contributed by atoms with E-state index in [1.165, 1.54) is 12.1 Å². The van der Waals surface area contributed by atoms with Crippen molar-refractivity contribution in [3.8, 4) is 17.0 Å². The van der Waals surface area contributed by atoms with Gasteiger partial charge in [0.2, 0.25) is 0 Å². The van der Waals surface area contributed by atoms with Gasteiger partial charge in [-0.25, -0.2) is 9.37 Å². The van der Waals surface area contributed by atoms with Crippen LogP contribution in [0.4, 0.5) is 4.39 Å². The number of nitrogens with one attached hydrogen (secondary N) is 1. The minimum atomic E-state index is -0.607. The highest BCUT2D eigenvalue weighted by molar-refractivity contribution is 6.07. The van der Waals surface area contributed by atoms with Crippen molar-refractivity contribution in [2.75, 3.05) is 13.1 Å². The molecule has 3 heterocycles. The van der Waals surface area contributed by atoms with Crippen LogP contribution >= 0.6 is 0 Å². The number of amides is 1. The highest BCUT2D eigenvalue weighted by Crippen LogP contribution is 2.31. The number of halogens is 1. The standard InChI is InChI=1S/C22H26FN5O2/c1-3-17-19-15(21(30)28-9-7-22(24,4-2)8-10-28)12-18(25-20(19)27-26-17)14-6-5-13(29)11-16(14)23/h5-6,11-12,29H,3-4,7-10,24H2,1-2H3,(H,25,26,27). The molecule has 0 spiro atoms. The number of aromatic hydroxyl groups is 1. The zero-order valence-electron chi connectivity index (χ0n) is 17.2. The highest BCUT2D eigenvalue weighted by Gasteiger charge is 2.32. The largest absolute Gasteiger partial charge is 0.508 e. The molecular weight excluding hydrogens is 385 g/mol. The molecular formula is C22H26FN5O2. The fourth-order valence-electron chi connectivity index (χ4n) is 4.05. The monoisotopic (exact) mass is 411 g/mol. The molecule has 7 nitrogen and oxygen atoms in total. The number of phenolic OH excluding ortho intramolecular Hbond substituents is 1. The van der Waals surface area contributed by atoms with E-state index in [4.69, 9.17) is 5.73 Å². The first kappa shape index (κ1) is 20.3. The number of aromatic nitrogens is 3. The number of rotatable bonds is 4.